The molecule has 2 nitrogen and oxygen atoms in total. The third-order valence-corrected chi connectivity index (χ3v) is 2.89. The Balaban J connectivity index is 2.45. The van der Waals surface area contributed by atoms with Crippen LogP contribution < -0.4 is 10.1 Å². The predicted octanol–water partition coefficient (Wildman–Crippen LogP) is 3.28. The highest BCUT2D eigenvalue weighted by Crippen LogP contribution is 2.36. The minimum absolute atomic E-state index is 0.654. The summed E-state index contributed by atoms with van der Waals surface area (Å²) < 4.78 is 19.3. The van der Waals surface area contributed by atoms with Gasteiger partial charge < -0.3 is 10.1 Å². The Bertz CT molecular complexity index is 354. The maximum absolute atomic E-state index is 13.2. The lowest BCUT2D eigenvalue weighted by molar-refractivity contribution is 0.322. The molecule has 0 fully saturated rings. The topological polar surface area (TPSA) is 21.3 Å². The average molecular weight is 260 g/mol. The minimum Gasteiger partial charge on any atom is -0.490 e. The van der Waals surface area contributed by atoms with Crippen LogP contribution in [0.25, 0.3) is 0 Å². The van der Waals surface area contributed by atoms with E-state index in [2.05, 4.69) is 21.2 Å². The van der Waals surface area contributed by atoms with Gasteiger partial charge in [0, 0.05) is 16.6 Å². The first kappa shape index (κ1) is 9.77. The lowest BCUT2D eigenvalue weighted by atomic mass is 10.1. The van der Waals surface area contributed by atoms with E-state index < -0.39 is 6.17 Å². The summed E-state index contributed by atoms with van der Waals surface area (Å²) in [5.41, 5.74) is 1.53. The SMILES string of the molecule is CC(F)c1cc2c(cc1Br)OCCN2. The number of rotatable bonds is 1. The molecule has 1 aromatic carbocycles. The number of ether oxygens (including phenoxy) is 1. The first-order valence-electron chi connectivity index (χ1n) is 4.52. The summed E-state index contributed by atoms with van der Waals surface area (Å²) >= 11 is 3.33. The van der Waals surface area contributed by atoms with Crippen LogP contribution in [-0.4, -0.2) is 13.2 Å². The highest BCUT2D eigenvalue weighted by molar-refractivity contribution is 9.10. The fourth-order valence-corrected chi connectivity index (χ4v) is 2.12. The Morgan fingerprint density at radius 1 is 1.57 bits per heavy atom. The van der Waals surface area contributed by atoms with Crippen molar-refractivity contribution in [3.05, 3.63) is 22.2 Å². The molecule has 14 heavy (non-hydrogen) atoms. The Morgan fingerprint density at radius 3 is 3.07 bits per heavy atom. The maximum Gasteiger partial charge on any atom is 0.143 e. The van der Waals surface area contributed by atoms with Crippen molar-refractivity contribution in [3.8, 4) is 5.75 Å². The van der Waals surface area contributed by atoms with E-state index in [0.29, 0.717) is 12.2 Å². The quantitative estimate of drug-likeness (QED) is 0.836. The first-order chi connectivity index (χ1) is 6.68. The van der Waals surface area contributed by atoms with Crippen molar-refractivity contribution in [2.24, 2.45) is 0 Å². The average Bonchev–Trinajstić information content (AvgIpc) is 2.16. The zero-order chi connectivity index (χ0) is 10.1. The minimum atomic E-state index is -0.974. The molecule has 0 radical (unpaired) electrons. The molecule has 1 aromatic rings. The van der Waals surface area contributed by atoms with E-state index in [4.69, 9.17) is 4.74 Å². The van der Waals surface area contributed by atoms with Gasteiger partial charge in [0.2, 0.25) is 0 Å². The zero-order valence-electron chi connectivity index (χ0n) is 7.81. The van der Waals surface area contributed by atoms with Gasteiger partial charge in [0.15, 0.2) is 0 Å². The number of hydrogen-bond donors (Lipinski definition) is 1. The van der Waals surface area contributed by atoms with E-state index in [9.17, 15) is 4.39 Å². The van der Waals surface area contributed by atoms with Crippen LogP contribution in [0.3, 0.4) is 0 Å². The molecule has 1 heterocycles. The highest BCUT2D eigenvalue weighted by atomic mass is 79.9. The van der Waals surface area contributed by atoms with Gasteiger partial charge in [0.05, 0.1) is 5.69 Å². The standard InChI is InChI=1S/C10H11BrFNO/c1-6(12)7-4-9-10(5-8(7)11)14-3-2-13-9/h4-6,13H,2-3H2,1H3. The molecule has 0 aromatic heterocycles. The highest BCUT2D eigenvalue weighted by Gasteiger charge is 2.15. The monoisotopic (exact) mass is 259 g/mol. The number of anilines is 1. The van der Waals surface area contributed by atoms with Gasteiger partial charge in [-0.05, 0) is 19.1 Å². The van der Waals surface area contributed by atoms with Gasteiger partial charge in [-0.15, -0.1) is 0 Å². The molecule has 1 aliphatic heterocycles. The smallest absolute Gasteiger partial charge is 0.143 e. The van der Waals surface area contributed by atoms with Crippen LogP contribution in [0.1, 0.15) is 18.7 Å². The molecule has 0 saturated heterocycles. The number of halogens is 2. The van der Waals surface area contributed by atoms with Gasteiger partial charge >= 0.3 is 0 Å². The Labute approximate surface area is 90.6 Å². The lowest BCUT2D eigenvalue weighted by Crippen LogP contribution is -2.18. The number of fused-ring (bicyclic) bond motifs is 1. The molecule has 0 saturated carbocycles. The van der Waals surface area contributed by atoms with Crippen molar-refractivity contribution in [2.75, 3.05) is 18.5 Å². The zero-order valence-corrected chi connectivity index (χ0v) is 9.40. The molecule has 1 atom stereocenters. The molecule has 76 valence electrons. The van der Waals surface area contributed by atoms with Gasteiger partial charge in [-0.1, -0.05) is 15.9 Å². The summed E-state index contributed by atoms with van der Waals surface area (Å²) in [6.45, 7) is 2.95. The van der Waals surface area contributed by atoms with Crippen molar-refractivity contribution < 1.29 is 9.13 Å². The van der Waals surface area contributed by atoms with Crippen molar-refractivity contribution >= 4 is 21.6 Å². The largest absolute Gasteiger partial charge is 0.490 e. The molecule has 0 amide bonds. The molecular weight excluding hydrogens is 249 g/mol. The molecule has 0 aliphatic carbocycles. The Morgan fingerprint density at radius 2 is 2.36 bits per heavy atom. The number of alkyl halides is 1. The molecular formula is C10H11BrFNO. The van der Waals surface area contributed by atoms with Gasteiger partial charge in [0.1, 0.15) is 18.5 Å². The van der Waals surface area contributed by atoms with Gasteiger partial charge in [-0.25, -0.2) is 4.39 Å². The summed E-state index contributed by atoms with van der Waals surface area (Å²) in [4.78, 5) is 0. The summed E-state index contributed by atoms with van der Waals surface area (Å²) in [5, 5.41) is 3.17. The van der Waals surface area contributed by atoms with Crippen molar-refractivity contribution in [3.63, 3.8) is 0 Å². The first-order valence-corrected chi connectivity index (χ1v) is 5.32. The van der Waals surface area contributed by atoms with E-state index in [-0.39, 0.29) is 0 Å². The Kier molecular flexibility index (Phi) is 2.63. The predicted molar refractivity (Wildman–Crippen MR) is 57.6 cm³/mol. The van der Waals surface area contributed by atoms with Crippen LogP contribution in [0.4, 0.5) is 10.1 Å². The second-order valence-electron chi connectivity index (χ2n) is 3.26. The van der Waals surface area contributed by atoms with E-state index >= 15 is 0 Å². The Hall–Kier alpha value is -0.770. The molecule has 0 bridgehead atoms. The normalized spacial score (nSPS) is 16.5. The van der Waals surface area contributed by atoms with Crippen LogP contribution >= 0.6 is 15.9 Å². The van der Waals surface area contributed by atoms with E-state index in [0.717, 1.165) is 22.5 Å². The summed E-state index contributed by atoms with van der Waals surface area (Å²) in [5.74, 6) is 0.785. The number of nitrogens with one attached hydrogen (secondary N) is 1. The van der Waals surface area contributed by atoms with E-state index in [1.807, 2.05) is 6.07 Å². The number of hydrogen-bond acceptors (Lipinski definition) is 2. The second-order valence-corrected chi connectivity index (χ2v) is 4.12. The lowest BCUT2D eigenvalue weighted by Gasteiger charge is -2.21. The van der Waals surface area contributed by atoms with Crippen molar-refractivity contribution in [1.82, 2.24) is 0 Å². The summed E-state index contributed by atoms with van der Waals surface area (Å²) in [6, 6.07) is 3.61. The van der Waals surface area contributed by atoms with Crippen LogP contribution in [0.2, 0.25) is 0 Å². The summed E-state index contributed by atoms with van der Waals surface area (Å²) in [6.07, 6.45) is -0.974. The third-order valence-electron chi connectivity index (χ3n) is 2.20. The molecule has 1 N–H and O–H groups in total. The molecule has 1 aliphatic rings. The van der Waals surface area contributed by atoms with Gasteiger partial charge in [-0.2, -0.15) is 0 Å². The fraction of sp³-hybridized carbons (Fsp3) is 0.400. The summed E-state index contributed by atoms with van der Waals surface area (Å²) in [7, 11) is 0. The molecule has 0 spiro atoms. The van der Waals surface area contributed by atoms with E-state index in [1.165, 1.54) is 6.92 Å². The molecule has 1 unspecified atom stereocenters. The number of benzene rings is 1. The van der Waals surface area contributed by atoms with Gasteiger partial charge in [-0.3, -0.25) is 0 Å². The molecule has 4 heteroatoms. The maximum atomic E-state index is 13.2. The van der Waals surface area contributed by atoms with E-state index in [1.54, 1.807) is 6.07 Å². The van der Waals surface area contributed by atoms with Crippen LogP contribution in [0.15, 0.2) is 16.6 Å². The fourth-order valence-electron chi connectivity index (χ4n) is 1.48. The second kappa shape index (κ2) is 3.77. The van der Waals surface area contributed by atoms with Crippen molar-refractivity contribution in [2.45, 2.75) is 13.1 Å². The van der Waals surface area contributed by atoms with Crippen LogP contribution in [0, 0.1) is 0 Å². The van der Waals surface area contributed by atoms with Gasteiger partial charge in [0.25, 0.3) is 0 Å². The third kappa shape index (κ3) is 1.71. The molecule has 2 rings (SSSR count). The van der Waals surface area contributed by atoms with Crippen LogP contribution in [0.5, 0.6) is 5.75 Å². The van der Waals surface area contributed by atoms with Crippen LogP contribution in [-0.2, 0) is 0 Å². The van der Waals surface area contributed by atoms with Crippen molar-refractivity contribution in [1.29, 1.82) is 0 Å².